The summed E-state index contributed by atoms with van der Waals surface area (Å²) in [5.74, 6) is 0. The van der Waals surface area contributed by atoms with E-state index in [1.165, 1.54) is 0 Å². The van der Waals surface area contributed by atoms with E-state index in [0.717, 1.165) is 16.6 Å². The zero-order valence-electron chi connectivity index (χ0n) is 10.0. The molecule has 0 fully saturated rings. The van der Waals surface area contributed by atoms with Crippen molar-refractivity contribution in [3.05, 3.63) is 28.5 Å². The molecule has 0 amide bonds. The second kappa shape index (κ2) is 7.06. The topological polar surface area (TPSA) is 68.4 Å². The van der Waals surface area contributed by atoms with Crippen LogP contribution in [-0.4, -0.2) is 36.0 Å². The number of halogens is 1. The molecule has 4 nitrogen and oxygen atoms in total. The molecule has 1 unspecified atom stereocenters. The van der Waals surface area contributed by atoms with Gasteiger partial charge in [0.15, 0.2) is 0 Å². The van der Waals surface area contributed by atoms with Crippen molar-refractivity contribution in [2.45, 2.75) is 24.9 Å². The highest BCUT2D eigenvalue weighted by Crippen LogP contribution is 2.19. The van der Waals surface area contributed by atoms with E-state index in [1.807, 2.05) is 12.1 Å². The van der Waals surface area contributed by atoms with Crippen molar-refractivity contribution in [3.63, 3.8) is 0 Å². The van der Waals surface area contributed by atoms with Gasteiger partial charge in [0.25, 0.3) is 0 Å². The van der Waals surface area contributed by atoms with Crippen molar-refractivity contribution in [3.8, 4) is 0 Å². The predicted molar refractivity (Wildman–Crippen MR) is 70.8 cm³/mol. The van der Waals surface area contributed by atoms with E-state index in [-0.39, 0.29) is 0 Å². The van der Waals surface area contributed by atoms with Crippen molar-refractivity contribution in [1.82, 2.24) is 4.98 Å². The molecule has 0 saturated heterocycles. The fourth-order valence-electron chi connectivity index (χ4n) is 1.76. The van der Waals surface area contributed by atoms with E-state index in [9.17, 15) is 5.11 Å². The summed E-state index contributed by atoms with van der Waals surface area (Å²) in [7, 11) is 1.59. The Balaban J connectivity index is 2.67. The van der Waals surface area contributed by atoms with Crippen LogP contribution < -0.4 is 5.73 Å². The molecule has 0 aromatic carbocycles. The molecule has 0 aliphatic rings. The number of aromatic nitrogens is 1. The van der Waals surface area contributed by atoms with E-state index in [2.05, 4.69) is 20.9 Å². The molecular weight excluding hydrogens is 284 g/mol. The first-order valence-electron chi connectivity index (χ1n) is 5.61. The lowest BCUT2D eigenvalue weighted by atomic mass is 9.92. The van der Waals surface area contributed by atoms with Gasteiger partial charge in [0.1, 0.15) is 0 Å². The SMILES string of the molecule is COCC(O)(CCCN)Cc1ccc(Br)cn1. The summed E-state index contributed by atoms with van der Waals surface area (Å²) < 4.78 is 6.00. The highest BCUT2D eigenvalue weighted by molar-refractivity contribution is 9.10. The van der Waals surface area contributed by atoms with Crippen molar-refractivity contribution in [2.24, 2.45) is 5.73 Å². The summed E-state index contributed by atoms with van der Waals surface area (Å²) in [5, 5.41) is 10.4. The van der Waals surface area contributed by atoms with Gasteiger partial charge in [-0.05, 0) is 47.4 Å². The van der Waals surface area contributed by atoms with Crippen LogP contribution in [0.1, 0.15) is 18.5 Å². The third kappa shape index (κ3) is 5.12. The fourth-order valence-corrected chi connectivity index (χ4v) is 1.99. The number of aliphatic hydroxyl groups is 1. The van der Waals surface area contributed by atoms with Gasteiger partial charge >= 0.3 is 0 Å². The second-order valence-corrected chi connectivity index (χ2v) is 5.11. The molecule has 0 aliphatic heterocycles. The first-order chi connectivity index (χ1) is 8.09. The molecular formula is C12H19BrN2O2. The molecule has 96 valence electrons. The van der Waals surface area contributed by atoms with E-state index in [0.29, 0.717) is 26.0 Å². The van der Waals surface area contributed by atoms with Gasteiger partial charge in [-0.1, -0.05) is 0 Å². The highest BCUT2D eigenvalue weighted by atomic mass is 79.9. The molecule has 1 aromatic heterocycles. The number of rotatable bonds is 7. The molecule has 1 rings (SSSR count). The minimum absolute atomic E-state index is 0.296. The van der Waals surface area contributed by atoms with Crippen LogP contribution in [-0.2, 0) is 11.2 Å². The Kier molecular flexibility index (Phi) is 6.05. The summed E-state index contributed by atoms with van der Waals surface area (Å²) in [6, 6.07) is 3.81. The van der Waals surface area contributed by atoms with Gasteiger partial charge < -0.3 is 15.6 Å². The first kappa shape index (κ1) is 14.6. The number of pyridine rings is 1. The molecule has 0 spiro atoms. The molecule has 3 N–H and O–H groups in total. The molecule has 5 heteroatoms. The maximum absolute atomic E-state index is 10.4. The average molecular weight is 303 g/mol. The first-order valence-corrected chi connectivity index (χ1v) is 6.41. The van der Waals surface area contributed by atoms with Crippen LogP contribution in [0.25, 0.3) is 0 Å². The van der Waals surface area contributed by atoms with Crippen molar-refractivity contribution in [1.29, 1.82) is 0 Å². The lowest BCUT2D eigenvalue weighted by Gasteiger charge is -2.27. The number of ether oxygens (including phenoxy) is 1. The van der Waals surface area contributed by atoms with Gasteiger partial charge in [0.05, 0.1) is 12.2 Å². The maximum Gasteiger partial charge on any atom is 0.0935 e. The Morgan fingerprint density at radius 2 is 2.29 bits per heavy atom. The summed E-state index contributed by atoms with van der Waals surface area (Å²) in [6.07, 6.45) is 3.60. The largest absolute Gasteiger partial charge is 0.387 e. The third-order valence-electron chi connectivity index (χ3n) is 2.56. The van der Waals surface area contributed by atoms with Gasteiger partial charge in [-0.25, -0.2) is 0 Å². The monoisotopic (exact) mass is 302 g/mol. The molecule has 0 bridgehead atoms. The molecule has 0 aliphatic carbocycles. The van der Waals surface area contributed by atoms with Gasteiger partial charge in [0.2, 0.25) is 0 Å². The predicted octanol–water partition coefficient (Wildman–Crippen LogP) is 1.50. The second-order valence-electron chi connectivity index (χ2n) is 4.19. The summed E-state index contributed by atoms with van der Waals surface area (Å²) in [6.45, 7) is 0.866. The number of nitrogens with zero attached hydrogens (tertiary/aromatic N) is 1. The molecule has 0 radical (unpaired) electrons. The van der Waals surface area contributed by atoms with Crippen LogP contribution in [0.4, 0.5) is 0 Å². The normalized spacial score (nSPS) is 14.6. The summed E-state index contributed by atoms with van der Waals surface area (Å²) >= 11 is 3.33. The van der Waals surface area contributed by atoms with E-state index in [4.69, 9.17) is 10.5 Å². The third-order valence-corrected chi connectivity index (χ3v) is 3.03. The summed E-state index contributed by atoms with van der Waals surface area (Å²) in [5.41, 5.74) is 5.44. The zero-order chi connectivity index (χ0) is 12.7. The lowest BCUT2D eigenvalue weighted by molar-refractivity contribution is -0.0381. The summed E-state index contributed by atoms with van der Waals surface area (Å²) in [4.78, 5) is 4.26. The molecule has 1 aromatic rings. The fraction of sp³-hybridized carbons (Fsp3) is 0.583. The van der Waals surface area contributed by atoms with E-state index >= 15 is 0 Å². The van der Waals surface area contributed by atoms with Gasteiger partial charge in [-0.3, -0.25) is 4.98 Å². The van der Waals surface area contributed by atoms with Gasteiger partial charge in [0, 0.05) is 29.9 Å². The van der Waals surface area contributed by atoms with E-state index < -0.39 is 5.60 Å². The van der Waals surface area contributed by atoms with Crippen LogP contribution >= 0.6 is 15.9 Å². The van der Waals surface area contributed by atoms with Crippen molar-refractivity contribution < 1.29 is 9.84 Å². The number of hydrogen-bond acceptors (Lipinski definition) is 4. The molecule has 0 saturated carbocycles. The Labute approximate surface area is 110 Å². The Morgan fingerprint density at radius 1 is 1.53 bits per heavy atom. The molecule has 17 heavy (non-hydrogen) atoms. The molecule has 1 heterocycles. The average Bonchev–Trinajstić information content (AvgIpc) is 2.30. The maximum atomic E-state index is 10.4. The number of methoxy groups -OCH3 is 1. The smallest absolute Gasteiger partial charge is 0.0935 e. The minimum atomic E-state index is -0.880. The van der Waals surface area contributed by atoms with Crippen LogP contribution in [0.5, 0.6) is 0 Å². The van der Waals surface area contributed by atoms with Gasteiger partial charge in [-0.15, -0.1) is 0 Å². The zero-order valence-corrected chi connectivity index (χ0v) is 11.6. The van der Waals surface area contributed by atoms with Crippen LogP contribution in [0.3, 0.4) is 0 Å². The van der Waals surface area contributed by atoms with Gasteiger partial charge in [-0.2, -0.15) is 0 Å². The highest BCUT2D eigenvalue weighted by Gasteiger charge is 2.27. The van der Waals surface area contributed by atoms with Crippen LogP contribution in [0, 0.1) is 0 Å². The quantitative estimate of drug-likeness (QED) is 0.801. The minimum Gasteiger partial charge on any atom is -0.387 e. The van der Waals surface area contributed by atoms with E-state index in [1.54, 1.807) is 13.3 Å². The van der Waals surface area contributed by atoms with Crippen molar-refractivity contribution >= 4 is 15.9 Å². The Bertz CT molecular complexity index is 332. The van der Waals surface area contributed by atoms with Crippen LogP contribution in [0.15, 0.2) is 22.8 Å². The number of nitrogens with two attached hydrogens (primary N) is 1. The van der Waals surface area contributed by atoms with Crippen molar-refractivity contribution in [2.75, 3.05) is 20.3 Å². The number of hydrogen-bond donors (Lipinski definition) is 2. The Morgan fingerprint density at radius 3 is 2.82 bits per heavy atom. The lowest BCUT2D eigenvalue weighted by Crippen LogP contribution is -2.37. The standard InChI is InChI=1S/C12H19BrN2O2/c1-17-9-12(16,5-2-6-14)7-11-4-3-10(13)8-15-11/h3-4,8,16H,2,5-7,9,14H2,1H3. The Hall–Kier alpha value is -0.490. The molecule has 1 atom stereocenters. The van der Waals surface area contributed by atoms with Crippen LogP contribution in [0.2, 0.25) is 0 Å².